The molecule has 0 bridgehead atoms. The average molecular weight is 329 g/mol. The maximum absolute atomic E-state index is 4.82. The SMILES string of the molecule is C1CCC(Nc2nc3nonc3nc2N2CCN3CCCC3C2)C1. The molecule has 1 atom stereocenters. The van der Waals surface area contributed by atoms with Crippen LogP contribution in [0.1, 0.15) is 38.5 Å². The van der Waals surface area contributed by atoms with Gasteiger partial charge in [-0.05, 0) is 42.5 Å². The van der Waals surface area contributed by atoms with E-state index in [-0.39, 0.29) is 0 Å². The number of hydrogen-bond donors (Lipinski definition) is 1. The second-order valence-corrected chi connectivity index (χ2v) is 7.21. The fourth-order valence-electron chi connectivity index (χ4n) is 4.39. The van der Waals surface area contributed by atoms with Gasteiger partial charge in [-0.3, -0.25) is 4.90 Å². The Bertz CT molecular complexity index is 726. The Labute approximate surface area is 140 Å². The maximum atomic E-state index is 4.82. The highest BCUT2D eigenvalue weighted by Crippen LogP contribution is 2.31. The van der Waals surface area contributed by atoms with Crippen molar-refractivity contribution in [1.82, 2.24) is 25.2 Å². The van der Waals surface area contributed by atoms with Gasteiger partial charge in [0.1, 0.15) is 0 Å². The van der Waals surface area contributed by atoms with E-state index in [9.17, 15) is 0 Å². The van der Waals surface area contributed by atoms with E-state index in [1.807, 2.05) is 0 Å². The van der Waals surface area contributed by atoms with Gasteiger partial charge in [0.15, 0.2) is 11.6 Å². The minimum Gasteiger partial charge on any atom is -0.364 e. The summed E-state index contributed by atoms with van der Waals surface area (Å²) in [5.41, 5.74) is 0.981. The molecule has 24 heavy (non-hydrogen) atoms. The van der Waals surface area contributed by atoms with Gasteiger partial charge in [-0.2, -0.15) is 0 Å². The molecule has 1 saturated carbocycles. The smallest absolute Gasteiger partial charge is 0.245 e. The minimum atomic E-state index is 0.485. The molecule has 0 radical (unpaired) electrons. The van der Waals surface area contributed by atoms with E-state index in [2.05, 4.69) is 30.4 Å². The van der Waals surface area contributed by atoms with Gasteiger partial charge < -0.3 is 10.2 Å². The molecule has 5 rings (SSSR count). The van der Waals surface area contributed by atoms with Crippen LogP contribution in [-0.2, 0) is 0 Å². The highest BCUT2D eigenvalue weighted by atomic mass is 16.6. The van der Waals surface area contributed by atoms with Crippen molar-refractivity contribution in [1.29, 1.82) is 0 Å². The number of fused-ring (bicyclic) bond motifs is 2. The summed E-state index contributed by atoms with van der Waals surface area (Å²) in [5, 5.41) is 11.4. The van der Waals surface area contributed by atoms with Crippen LogP contribution in [0, 0.1) is 0 Å². The summed E-state index contributed by atoms with van der Waals surface area (Å²) >= 11 is 0. The molecular formula is C16H23N7O. The van der Waals surface area contributed by atoms with Crippen LogP contribution in [0.5, 0.6) is 0 Å². The van der Waals surface area contributed by atoms with Crippen molar-refractivity contribution in [2.45, 2.75) is 50.6 Å². The van der Waals surface area contributed by atoms with E-state index in [4.69, 9.17) is 9.61 Å². The lowest BCUT2D eigenvalue weighted by Gasteiger charge is -2.38. The summed E-state index contributed by atoms with van der Waals surface area (Å²) < 4.78 is 4.82. The summed E-state index contributed by atoms with van der Waals surface area (Å²) in [6.45, 7) is 4.35. The number of nitrogens with zero attached hydrogens (tertiary/aromatic N) is 6. The zero-order valence-electron chi connectivity index (χ0n) is 13.8. The fraction of sp³-hybridized carbons (Fsp3) is 0.750. The van der Waals surface area contributed by atoms with Gasteiger partial charge in [-0.15, -0.1) is 0 Å². The van der Waals surface area contributed by atoms with Crippen LogP contribution >= 0.6 is 0 Å². The van der Waals surface area contributed by atoms with Gasteiger partial charge in [-0.1, -0.05) is 12.8 Å². The van der Waals surface area contributed by atoms with Crippen LogP contribution in [0.25, 0.3) is 11.3 Å². The van der Waals surface area contributed by atoms with E-state index in [1.165, 1.54) is 45.1 Å². The molecule has 2 aliphatic heterocycles. The lowest BCUT2D eigenvalue weighted by atomic mass is 10.1. The summed E-state index contributed by atoms with van der Waals surface area (Å²) in [6.07, 6.45) is 7.57. The van der Waals surface area contributed by atoms with Gasteiger partial charge >= 0.3 is 0 Å². The Hall–Kier alpha value is -1.96. The third-order valence-electron chi connectivity index (χ3n) is 5.68. The van der Waals surface area contributed by atoms with Gasteiger partial charge in [-0.25, -0.2) is 14.6 Å². The zero-order valence-corrected chi connectivity index (χ0v) is 13.8. The van der Waals surface area contributed by atoms with E-state index in [0.29, 0.717) is 23.4 Å². The van der Waals surface area contributed by atoms with Gasteiger partial charge in [0, 0.05) is 31.7 Å². The lowest BCUT2D eigenvalue weighted by Crippen LogP contribution is -2.50. The fourth-order valence-corrected chi connectivity index (χ4v) is 4.39. The van der Waals surface area contributed by atoms with Gasteiger partial charge in [0.05, 0.1) is 0 Å². The predicted octanol–water partition coefficient (Wildman–Crippen LogP) is 1.65. The molecule has 1 N–H and O–H groups in total. The standard InChI is InChI=1S/C16H23N7O/c1-2-5-11(4-1)17-15-16(19-14-13(18-15)20-24-21-14)23-9-8-22-7-3-6-12(22)10-23/h11-12H,1-10H2,(H,17,18,20). The first-order chi connectivity index (χ1) is 11.9. The zero-order chi connectivity index (χ0) is 15.9. The normalized spacial score (nSPS) is 25.5. The number of nitrogens with one attached hydrogen (secondary N) is 1. The van der Waals surface area contributed by atoms with Crippen LogP contribution in [0.2, 0.25) is 0 Å². The molecule has 1 unspecified atom stereocenters. The molecule has 3 fully saturated rings. The van der Waals surface area contributed by atoms with E-state index >= 15 is 0 Å². The first kappa shape index (κ1) is 14.4. The molecule has 0 amide bonds. The Balaban J connectivity index is 1.47. The van der Waals surface area contributed by atoms with Crippen LogP contribution in [0.4, 0.5) is 11.6 Å². The quantitative estimate of drug-likeness (QED) is 0.910. The molecule has 4 heterocycles. The molecule has 0 aromatic carbocycles. The van der Waals surface area contributed by atoms with Crippen molar-refractivity contribution in [3.63, 3.8) is 0 Å². The Morgan fingerprint density at radius 3 is 2.62 bits per heavy atom. The van der Waals surface area contributed by atoms with Crippen molar-refractivity contribution in [3.05, 3.63) is 0 Å². The third kappa shape index (κ3) is 2.49. The Kier molecular flexibility index (Phi) is 3.50. The molecule has 2 aromatic heterocycles. The molecule has 8 nitrogen and oxygen atoms in total. The van der Waals surface area contributed by atoms with Gasteiger partial charge in [0.25, 0.3) is 0 Å². The minimum absolute atomic E-state index is 0.485. The molecule has 1 aliphatic carbocycles. The van der Waals surface area contributed by atoms with Crippen LogP contribution in [0.15, 0.2) is 4.63 Å². The van der Waals surface area contributed by atoms with Crippen molar-refractivity contribution in [2.75, 3.05) is 36.4 Å². The maximum Gasteiger partial charge on any atom is 0.245 e. The van der Waals surface area contributed by atoms with Crippen molar-refractivity contribution < 1.29 is 4.63 Å². The first-order valence-corrected chi connectivity index (χ1v) is 9.13. The van der Waals surface area contributed by atoms with Crippen LogP contribution in [0.3, 0.4) is 0 Å². The molecule has 2 aromatic rings. The number of anilines is 2. The largest absolute Gasteiger partial charge is 0.364 e. The van der Waals surface area contributed by atoms with Crippen LogP contribution < -0.4 is 10.2 Å². The number of aromatic nitrogens is 4. The summed E-state index contributed by atoms with van der Waals surface area (Å²) in [5.74, 6) is 1.76. The van der Waals surface area contributed by atoms with Crippen molar-refractivity contribution in [3.8, 4) is 0 Å². The Morgan fingerprint density at radius 2 is 1.75 bits per heavy atom. The summed E-state index contributed by atoms with van der Waals surface area (Å²) in [7, 11) is 0. The first-order valence-electron chi connectivity index (χ1n) is 9.13. The Morgan fingerprint density at radius 1 is 0.917 bits per heavy atom. The van der Waals surface area contributed by atoms with E-state index in [1.54, 1.807) is 0 Å². The average Bonchev–Trinajstić information content (AvgIpc) is 3.34. The molecule has 2 saturated heterocycles. The van der Waals surface area contributed by atoms with Crippen molar-refractivity contribution in [2.24, 2.45) is 0 Å². The molecule has 0 spiro atoms. The van der Waals surface area contributed by atoms with Crippen LogP contribution in [-0.4, -0.2) is 63.4 Å². The predicted molar refractivity (Wildman–Crippen MR) is 90.1 cm³/mol. The van der Waals surface area contributed by atoms with E-state index in [0.717, 1.165) is 31.3 Å². The second-order valence-electron chi connectivity index (χ2n) is 7.21. The second kappa shape index (κ2) is 5.84. The number of hydrogen-bond acceptors (Lipinski definition) is 8. The highest BCUT2D eigenvalue weighted by molar-refractivity contribution is 5.74. The molecule has 128 valence electrons. The summed E-state index contributed by atoms with van der Waals surface area (Å²) in [4.78, 5) is 14.4. The third-order valence-corrected chi connectivity index (χ3v) is 5.68. The highest BCUT2D eigenvalue weighted by Gasteiger charge is 2.33. The van der Waals surface area contributed by atoms with Crippen molar-refractivity contribution >= 4 is 22.9 Å². The van der Waals surface area contributed by atoms with Gasteiger partial charge in [0.2, 0.25) is 11.3 Å². The summed E-state index contributed by atoms with van der Waals surface area (Å²) in [6, 6.07) is 1.13. The monoisotopic (exact) mass is 329 g/mol. The topological polar surface area (TPSA) is 83.2 Å². The molecule has 3 aliphatic rings. The number of piperazine rings is 1. The number of rotatable bonds is 3. The lowest BCUT2D eigenvalue weighted by molar-refractivity contribution is 0.230. The molecular weight excluding hydrogens is 306 g/mol. The van der Waals surface area contributed by atoms with E-state index < -0.39 is 0 Å². The molecule has 8 heteroatoms.